The van der Waals surface area contributed by atoms with Crippen molar-refractivity contribution in [3.8, 4) is 0 Å². The molecular formula is C15H30O6Tb. The van der Waals surface area contributed by atoms with Crippen LogP contribution < -0.4 is 0 Å². The number of hydrogen-bond donors (Lipinski definition) is 3. The maximum absolute atomic E-state index is 9.93. The predicted molar refractivity (Wildman–Crippen MR) is 81.3 cm³/mol. The molecule has 0 aliphatic carbocycles. The van der Waals surface area contributed by atoms with Crippen LogP contribution in [-0.4, -0.2) is 33.2 Å². The van der Waals surface area contributed by atoms with Crippen molar-refractivity contribution in [3.63, 3.8) is 0 Å². The Morgan fingerprint density at radius 2 is 0.773 bits per heavy atom. The first-order valence-electron chi connectivity index (χ1n) is 7.23. The summed E-state index contributed by atoms with van der Waals surface area (Å²) in [5.41, 5.74) is 0. The van der Waals surface area contributed by atoms with Gasteiger partial charge < -0.3 is 15.3 Å². The topological polar surface area (TPSA) is 112 Å². The van der Waals surface area contributed by atoms with Crippen LogP contribution >= 0.6 is 0 Å². The molecule has 0 bridgehead atoms. The fourth-order valence-corrected chi connectivity index (χ4v) is 0.524. The molecule has 0 aliphatic rings. The van der Waals surface area contributed by atoms with E-state index in [9.17, 15) is 14.4 Å². The summed E-state index contributed by atoms with van der Waals surface area (Å²) in [6.07, 6.45) is 2.15. The fraction of sp³-hybridized carbons (Fsp3) is 0.800. The molecule has 0 aromatic heterocycles. The van der Waals surface area contributed by atoms with Gasteiger partial charge >= 0.3 is 17.9 Å². The van der Waals surface area contributed by atoms with Gasteiger partial charge in [-0.15, -0.1) is 0 Å². The van der Waals surface area contributed by atoms with Gasteiger partial charge in [0, 0.05) is 38.6 Å². The minimum absolute atomic E-state index is 0. The molecule has 0 spiro atoms. The normalized spacial score (nSPS) is 12.8. The third-order valence-electron chi connectivity index (χ3n) is 3.10. The Morgan fingerprint density at radius 1 is 0.636 bits per heavy atom. The second-order valence-electron chi connectivity index (χ2n) is 4.94. The van der Waals surface area contributed by atoms with Crippen molar-refractivity contribution in [1.82, 2.24) is 0 Å². The molecular weight excluding hydrogens is 435 g/mol. The van der Waals surface area contributed by atoms with Crippen LogP contribution in [0, 0.1) is 56.4 Å². The first-order valence-corrected chi connectivity index (χ1v) is 7.23. The number of aliphatic carboxylic acids is 3. The average Bonchev–Trinajstić information content (AvgIpc) is 2.45. The minimum atomic E-state index is -0.706. The molecule has 3 atom stereocenters. The van der Waals surface area contributed by atoms with Crippen molar-refractivity contribution < 1.29 is 68.3 Å². The van der Waals surface area contributed by atoms with Gasteiger partial charge in [-0.1, -0.05) is 41.5 Å². The van der Waals surface area contributed by atoms with Crippen molar-refractivity contribution in [3.05, 3.63) is 0 Å². The molecule has 0 aromatic rings. The van der Waals surface area contributed by atoms with Gasteiger partial charge in [-0.25, -0.2) is 0 Å². The zero-order valence-electron chi connectivity index (χ0n) is 14.3. The molecule has 0 fully saturated rings. The molecule has 7 heteroatoms. The van der Waals surface area contributed by atoms with Crippen LogP contribution in [0.4, 0.5) is 0 Å². The van der Waals surface area contributed by atoms with Gasteiger partial charge in [0.2, 0.25) is 0 Å². The van der Waals surface area contributed by atoms with Crippen molar-refractivity contribution in [2.45, 2.75) is 60.8 Å². The fourth-order valence-electron chi connectivity index (χ4n) is 0.524. The van der Waals surface area contributed by atoms with Crippen molar-refractivity contribution in [2.75, 3.05) is 0 Å². The van der Waals surface area contributed by atoms with E-state index in [1.807, 2.05) is 20.8 Å². The van der Waals surface area contributed by atoms with E-state index in [-0.39, 0.29) is 56.4 Å². The number of carboxylic acid groups (broad SMARTS) is 3. The summed E-state index contributed by atoms with van der Waals surface area (Å²) in [6, 6.07) is 0. The zero-order valence-corrected chi connectivity index (χ0v) is 16.4. The standard InChI is InChI=1S/3C5H10O2.Tb/c3*1-3-4(2)5(6)7;/h3*4H,3H2,1-2H3,(H,6,7);. The Hall–Kier alpha value is -0.304. The summed E-state index contributed by atoms with van der Waals surface area (Å²) in [5.74, 6) is -2.66. The van der Waals surface area contributed by atoms with Crippen molar-refractivity contribution in [2.24, 2.45) is 17.8 Å². The summed E-state index contributed by atoms with van der Waals surface area (Å²) in [6.45, 7) is 10.7. The molecule has 6 nitrogen and oxygen atoms in total. The van der Waals surface area contributed by atoms with Crippen LogP contribution in [0.2, 0.25) is 0 Å². The summed E-state index contributed by atoms with van der Waals surface area (Å²) < 4.78 is 0. The van der Waals surface area contributed by atoms with Crippen LogP contribution in [0.15, 0.2) is 0 Å². The molecule has 0 aliphatic heterocycles. The Balaban J connectivity index is -0.000000108. The third-order valence-corrected chi connectivity index (χ3v) is 3.10. The first-order chi connectivity index (χ1) is 9.54. The van der Waals surface area contributed by atoms with Crippen LogP contribution in [-0.2, 0) is 14.4 Å². The third kappa shape index (κ3) is 22.0. The van der Waals surface area contributed by atoms with Crippen LogP contribution in [0.25, 0.3) is 0 Å². The molecule has 0 amide bonds. The van der Waals surface area contributed by atoms with Gasteiger partial charge in [-0.05, 0) is 19.3 Å². The zero-order chi connectivity index (χ0) is 17.6. The van der Waals surface area contributed by atoms with E-state index < -0.39 is 17.9 Å². The number of hydrogen-bond acceptors (Lipinski definition) is 3. The van der Waals surface area contributed by atoms with E-state index in [4.69, 9.17) is 15.3 Å². The average molecular weight is 465 g/mol. The van der Waals surface area contributed by atoms with Gasteiger partial charge in [0.1, 0.15) is 0 Å². The first kappa shape index (κ1) is 29.7. The van der Waals surface area contributed by atoms with E-state index >= 15 is 0 Å². The second kappa shape index (κ2) is 18.7. The maximum atomic E-state index is 9.93. The van der Waals surface area contributed by atoms with Gasteiger partial charge in [0.25, 0.3) is 0 Å². The molecule has 3 unspecified atom stereocenters. The Labute approximate surface area is 164 Å². The van der Waals surface area contributed by atoms with E-state index in [2.05, 4.69) is 0 Å². The smallest absolute Gasteiger partial charge is 0.306 e. The van der Waals surface area contributed by atoms with Crippen LogP contribution in [0.1, 0.15) is 60.8 Å². The molecule has 0 saturated carbocycles. The van der Waals surface area contributed by atoms with E-state index in [1.165, 1.54) is 0 Å². The summed E-state index contributed by atoms with van der Waals surface area (Å²) in [4.78, 5) is 29.8. The van der Waals surface area contributed by atoms with Crippen molar-refractivity contribution in [1.29, 1.82) is 0 Å². The quantitative estimate of drug-likeness (QED) is 0.555. The molecule has 3 N–H and O–H groups in total. The number of carboxylic acids is 3. The summed E-state index contributed by atoms with van der Waals surface area (Å²) >= 11 is 0. The molecule has 135 valence electrons. The van der Waals surface area contributed by atoms with Gasteiger partial charge in [-0.3, -0.25) is 14.4 Å². The Kier molecular flexibility index (Phi) is 25.3. The largest absolute Gasteiger partial charge is 0.481 e. The SMILES string of the molecule is CCC(C)C(=O)O.CCC(C)C(=O)O.CCC(C)C(=O)O.[Tb]. The summed E-state index contributed by atoms with van der Waals surface area (Å²) in [5, 5.41) is 24.5. The molecule has 1 radical (unpaired) electrons. The second-order valence-corrected chi connectivity index (χ2v) is 4.94. The Morgan fingerprint density at radius 3 is 0.773 bits per heavy atom. The van der Waals surface area contributed by atoms with Gasteiger partial charge in [0.05, 0.1) is 17.8 Å². The van der Waals surface area contributed by atoms with E-state index in [1.54, 1.807) is 20.8 Å². The molecule has 0 saturated heterocycles. The molecule has 22 heavy (non-hydrogen) atoms. The van der Waals surface area contributed by atoms with Crippen LogP contribution in [0.3, 0.4) is 0 Å². The minimum Gasteiger partial charge on any atom is -0.481 e. The van der Waals surface area contributed by atoms with Crippen molar-refractivity contribution >= 4 is 17.9 Å². The molecule has 0 aromatic carbocycles. The monoisotopic (exact) mass is 465 g/mol. The summed E-state index contributed by atoms with van der Waals surface area (Å²) in [7, 11) is 0. The number of carbonyl (C=O) groups is 3. The van der Waals surface area contributed by atoms with Gasteiger partial charge in [0.15, 0.2) is 0 Å². The maximum Gasteiger partial charge on any atom is 0.306 e. The van der Waals surface area contributed by atoms with Crippen LogP contribution in [0.5, 0.6) is 0 Å². The van der Waals surface area contributed by atoms with Gasteiger partial charge in [-0.2, -0.15) is 0 Å². The predicted octanol–water partition coefficient (Wildman–Crippen LogP) is 3.35. The molecule has 0 rings (SSSR count). The Bertz CT molecular complexity index is 259. The molecule has 0 heterocycles. The van der Waals surface area contributed by atoms with E-state index in [0.29, 0.717) is 0 Å². The number of rotatable bonds is 6. The van der Waals surface area contributed by atoms with E-state index in [0.717, 1.165) is 19.3 Å².